The van der Waals surface area contributed by atoms with Gasteiger partial charge in [-0.25, -0.2) is 0 Å². The molecule has 10 heteroatoms. The van der Waals surface area contributed by atoms with E-state index in [0.29, 0.717) is 11.3 Å². The molecule has 0 aliphatic carbocycles. The van der Waals surface area contributed by atoms with Crippen molar-refractivity contribution in [2.24, 2.45) is 5.41 Å². The van der Waals surface area contributed by atoms with E-state index in [1.807, 2.05) is 0 Å². The maximum Gasteiger partial charge on any atom is 0.391 e. The third-order valence-electron chi connectivity index (χ3n) is 4.00. The van der Waals surface area contributed by atoms with Crippen molar-refractivity contribution in [3.05, 3.63) is 0 Å². The third kappa shape index (κ3) is 4.04. The summed E-state index contributed by atoms with van der Waals surface area (Å²) in [5, 5.41) is 0. The third-order valence-corrected chi connectivity index (χ3v) is 4.50. The molecule has 2 fully saturated rings. The van der Waals surface area contributed by atoms with Crippen LogP contribution in [0, 0.1) is 5.41 Å². The quantitative estimate of drug-likeness (QED) is 0.696. The molecule has 1 aromatic rings. The molecule has 23 heavy (non-hydrogen) atoms. The van der Waals surface area contributed by atoms with Gasteiger partial charge < -0.3 is 19.3 Å². The van der Waals surface area contributed by atoms with Crippen molar-refractivity contribution < 1.29 is 22.6 Å². The minimum absolute atomic E-state index is 0.0990. The molecule has 1 aromatic heterocycles. The molecular formula is C13H19F3N4O2S. The van der Waals surface area contributed by atoms with E-state index in [2.05, 4.69) is 25.6 Å². The number of hydrogen-bond donors (Lipinski definition) is 0. The molecular weight excluding hydrogens is 333 g/mol. The molecule has 3 heterocycles. The maximum absolute atomic E-state index is 12.0. The Balaban J connectivity index is 1.36. The normalized spacial score (nSPS) is 20.4. The average Bonchev–Trinajstić information content (AvgIpc) is 2.83. The largest absolute Gasteiger partial charge is 0.472 e. The maximum atomic E-state index is 12.0. The zero-order chi connectivity index (χ0) is 16.5. The van der Waals surface area contributed by atoms with Crippen LogP contribution >= 0.6 is 11.7 Å². The summed E-state index contributed by atoms with van der Waals surface area (Å²) in [5.41, 5.74) is 0.385. The van der Waals surface area contributed by atoms with E-state index in [-0.39, 0.29) is 19.8 Å². The van der Waals surface area contributed by atoms with E-state index in [4.69, 9.17) is 9.47 Å². The topological polar surface area (TPSA) is 50.7 Å². The highest BCUT2D eigenvalue weighted by Crippen LogP contribution is 2.42. The Morgan fingerprint density at radius 1 is 1.13 bits per heavy atom. The van der Waals surface area contributed by atoms with Crippen molar-refractivity contribution in [3.8, 4) is 5.88 Å². The van der Waals surface area contributed by atoms with Crippen LogP contribution < -0.4 is 9.64 Å². The summed E-state index contributed by atoms with van der Waals surface area (Å²) in [4.78, 5) is 4.42. The molecule has 2 aliphatic heterocycles. The van der Waals surface area contributed by atoms with Gasteiger partial charge in [0.25, 0.3) is 5.88 Å². The van der Waals surface area contributed by atoms with Gasteiger partial charge in [-0.2, -0.15) is 17.5 Å². The number of nitrogens with zero attached hydrogens (tertiary/aromatic N) is 4. The molecule has 0 saturated carbocycles. The van der Waals surface area contributed by atoms with Crippen LogP contribution in [0.5, 0.6) is 5.88 Å². The molecule has 0 radical (unpaired) electrons. The zero-order valence-electron chi connectivity index (χ0n) is 12.8. The zero-order valence-corrected chi connectivity index (χ0v) is 13.6. The second-order valence-corrected chi connectivity index (χ2v) is 6.78. The molecule has 2 saturated heterocycles. The molecule has 6 nitrogen and oxygen atoms in total. The molecule has 0 bridgehead atoms. The van der Waals surface area contributed by atoms with Crippen LogP contribution in [0.25, 0.3) is 0 Å². The van der Waals surface area contributed by atoms with Gasteiger partial charge in [-0.05, 0) is 7.05 Å². The summed E-state index contributed by atoms with van der Waals surface area (Å²) >= 11 is 1.08. The van der Waals surface area contributed by atoms with Crippen molar-refractivity contribution in [3.63, 3.8) is 0 Å². The minimum Gasteiger partial charge on any atom is -0.472 e. The Labute approximate surface area is 136 Å². The van der Waals surface area contributed by atoms with Crippen molar-refractivity contribution in [2.45, 2.75) is 12.6 Å². The fourth-order valence-electron chi connectivity index (χ4n) is 3.16. The van der Waals surface area contributed by atoms with Gasteiger partial charge in [0.15, 0.2) is 0 Å². The summed E-state index contributed by atoms with van der Waals surface area (Å²) in [6, 6.07) is 0. The monoisotopic (exact) mass is 352 g/mol. The summed E-state index contributed by atoms with van der Waals surface area (Å²) in [6.45, 7) is 4.01. The van der Waals surface area contributed by atoms with Gasteiger partial charge in [-0.3, -0.25) is 0 Å². The van der Waals surface area contributed by atoms with Gasteiger partial charge in [0, 0.05) is 31.6 Å². The molecule has 0 aromatic carbocycles. The standard InChI is InChI=1S/C13H19F3N4O2S/c1-19-6-12(7-19)8-20(9-12)10-11(18-23-17-10)22-5-4-21-3-2-13(14,15)16/h2-9H2,1H3. The molecule has 0 atom stereocenters. The summed E-state index contributed by atoms with van der Waals surface area (Å²) in [5.74, 6) is 1.17. The molecule has 2 aliphatic rings. The Kier molecular flexibility index (Phi) is 4.65. The van der Waals surface area contributed by atoms with E-state index in [0.717, 1.165) is 43.7 Å². The molecule has 3 rings (SSSR count). The van der Waals surface area contributed by atoms with Crippen LogP contribution in [0.15, 0.2) is 0 Å². The Hall–Kier alpha value is -1.13. The predicted molar refractivity (Wildman–Crippen MR) is 79.0 cm³/mol. The first-order chi connectivity index (χ1) is 10.9. The van der Waals surface area contributed by atoms with Crippen LogP contribution in [0.3, 0.4) is 0 Å². The fraction of sp³-hybridized carbons (Fsp3) is 0.846. The van der Waals surface area contributed by atoms with Crippen molar-refractivity contribution >= 4 is 17.5 Å². The van der Waals surface area contributed by atoms with Crippen LogP contribution in [0.2, 0.25) is 0 Å². The molecule has 0 amide bonds. The van der Waals surface area contributed by atoms with E-state index < -0.39 is 12.6 Å². The number of rotatable bonds is 7. The van der Waals surface area contributed by atoms with Gasteiger partial charge in [0.2, 0.25) is 5.82 Å². The predicted octanol–water partition coefficient (Wildman–Crippen LogP) is 1.64. The molecule has 1 spiro atoms. The van der Waals surface area contributed by atoms with Crippen molar-refractivity contribution in [1.82, 2.24) is 13.6 Å². The van der Waals surface area contributed by atoms with E-state index in [1.165, 1.54) is 0 Å². The highest BCUT2D eigenvalue weighted by Gasteiger charge is 2.51. The Morgan fingerprint density at radius 3 is 2.52 bits per heavy atom. The first kappa shape index (κ1) is 16.7. The summed E-state index contributed by atoms with van der Waals surface area (Å²) in [6.07, 6.45) is -5.13. The van der Waals surface area contributed by atoms with Gasteiger partial charge in [0.1, 0.15) is 6.61 Å². The van der Waals surface area contributed by atoms with Crippen LogP contribution in [0.1, 0.15) is 6.42 Å². The van der Waals surface area contributed by atoms with E-state index >= 15 is 0 Å². The second kappa shape index (κ2) is 6.40. The summed E-state index contributed by atoms with van der Waals surface area (Å²) < 4.78 is 54.6. The smallest absolute Gasteiger partial charge is 0.391 e. The molecule has 0 N–H and O–H groups in total. The van der Waals surface area contributed by atoms with Gasteiger partial charge in [-0.1, -0.05) is 0 Å². The lowest BCUT2D eigenvalue weighted by molar-refractivity contribution is -0.145. The van der Waals surface area contributed by atoms with Gasteiger partial charge in [-0.15, -0.1) is 4.37 Å². The van der Waals surface area contributed by atoms with Gasteiger partial charge >= 0.3 is 6.18 Å². The molecule has 0 unspecified atom stereocenters. The number of alkyl halides is 3. The van der Waals surface area contributed by atoms with Crippen LogP contribution in [-0.2, 0) is 4.74 Å². The van der Waals surface area contributed by atoms with Gasteiger partial charge in [0.05, 0.1) is 31.4 Å². The number of ether oxygens (including phenoxy) is 2. The second-order valence-electron chi connectivity index (χ2n) is 6.25. The fourth-order valence-corrected chi connectivity index (χ4v) is 3.68. The Bertz CT molecular complexity index is 526. The Morgan fingerprint density at radius 2 is 1.87 bits per heavy atom. The molecule has 130 valence electrons. The summed E-state index contributed by atoms with van der Waals surface area (Å²) in [7, 11) is 2.10. The highest BCUT2D eigenvalue weighted by atomic mass is 32.1. The number of hydrogen-bond acceptors (Lipinski definition) is 7. The SMILES string of the molecule is CN1CC2(C1)CN(c1nsnc1OCCOCCC(F)(F)F)C2. The minimum atomic E-state index is -4.18. The van der Waals surface area contributed by atoms with E-state index in [9.17, 15) is 13.2 Å². The lowest BCUT2D eigenvalue weighted by Gasteiger charge is -2.59. The lowest BCUT2D eigenvalue weighted by Crippen LogP contribution is -2.71. The number of halogens is 3. The average molecular weight is 352 g/mol. The van der Waals surface area contributed by atoms with Crippen molar-refractivity contribution in [2.75, 3.05) is 57.9 Å². The number of anilines is 1. The highest BCUT2D eigenvalue weighted by molar-refractivity contribution is 6.99. The number of aromatic nitrogens is 2. The first-order valence-corrected chi connectivity index (χ1v) is 8.13. The lowest BCUT2D eigenvalue weighted by atomic mass is 9.73. The first-order valence-electron chi connectivity index (χ1n) is 7.40. The number of likely N-dealkylation sites (tertiary alicyclic amines) is 1. The van der Waals surface area contributed by atoms with E-state index in [1.54, 1.807) is 0 Å². The van der Waals surface area contributed by atoms with Crippen LogP contribution in [-0.4, -0.2) is 72.9 Å². The van der Waals surface area contributed by atoms with Crippen molar-refractivity contribution in [1.29, 1.82) is 0 Å². The van der Waals surface area contributed by atoms with Crippen LogP contribution in [0.4, 0.5) is 19.0 Å².